The maximum atomic E-state index is 13.5. The van der Waals surface area contributed by atoms with E-state index in [2.05, 4.69) is 9.80 Å². The Labute approximate surface area is 226 Å². The molecule has 0 bridgehead atoms. The molecule has 1 N–H and O–H groups in total. The van der Waals surface area contributed by atoms with Crippen LogP contribution in [0.1, 0.15) is 25.3 Å². The Kier molecular flexibility index (Phi) is 7.51. The minimum absolute atomic E-state index is 0.157. The summed E-state index contributed by atoms with van der Waals surface area (Å²) in [4.78, 5) is 4.90. The monoisotopic (exact) mass is 571 g/mol. The summed E-state index contributed by atoms with van der Waals surface area (Å²) in [6, 6.07) is 5.47. The number of thiocarbonyl (C=S) groups is 1. The maximum absolute atomic E-state index is 13.5. The van der Waals surface area contributed by atoms with Crippen molar-refractivity contribution in [2.45, 2.75) is 43.7 Å². The van der Waals surface area contributed by atoms with Gasteiger partial charge < -0.3 is 14.7 Å². The fraction of sp³-hybridized carbons (Fsp3) is 0.577. The summed E-state index contributed by atoms with van der Waals surface area (Å²) < 4.78 is 74.4. The summed E-state index contributed by atoms with van der Waals surface area (Å²) in [6.07, 6.45) is 1.88. The molecular formula is C26H32F3N3O4S2. The topological polar surface area (TPSA) is 73.3 Å². The number of nitrogens with zero attached hydrogens (tertiary/aromatic N) is 3. The van der Waals surface area contributed by atoms with E-state index in [1.165, 1.54) is 16.4 Å². The smallest absolute Gasteiger partial charge is 0.377 e. The number of fused-ring (bicyclic) bond motifs is 1. The van der Waals surface area contributed by atoms with Gasteiger partial charge in [0.1, 0.15) is 0 Å². The highest BCUT2D eigenvalue weighted by Crippen LogP contribution is 2.39. The highest BCUT2D eigenvalue weighted by molar-refractivity contribution is 7.96. The minimum atomic E-state index is -4.81. The van der Waals surface area contributed by atoms with Gasteiger partial charge in [-0.25, -0.2) is 8.42 Å². The van der Waals surface area contributed by atoms with Gasteiger partial charge in [0.25, 0.3) is 0 Å². The number of allylic oxidation sites excluding steroid dienone is 4. The van der Waals surface area contributed by atoms with Crippen LogP contribution in [0.25, 0.3) is 0 Å². The van der Waals surface area contributed by atoms with E-state index in [4.69, 9.17) is 17.0 Å². The fourth-order valence-corrected chi connectivity index (χ4v) is 7.86. The van der Waals surface area contributed by atoms with E-state index in [1.807, 2.05) is 6.08 Å². The third kappa shape index (κ3) is 5.18. The molecule has 0 spiro atoms. The van der Waals surface area contributed by atoms with Crippen LogP contribution >= 0.6 is 12.2 Å². The highest BCUT2D eigenvalue weighted by Gasteiger charge is 2.51. The molecule has 4 aliphatic rings. The second kappa shape index (κ2) is 10.3. The van der Waals surface area contributed by atoms with E-state index >= 15 is 0 Å². The molecule has 1 unspecified atom stereocenters. The number of piperazine rings is 1. The SMILES string of the molecule is CC(O)(c1ccc(N2CCN(S(=O)(=O)C3=CC=CCC3=S)C[C@@H]2CN2C[C@@H]3CCO[C@@H]3C2)cc1)C(F)(F)F. The van der Waals surface area contributed by atoms with Crippen molar-refractivity contribution in [1.29, 1.82) is 0 Å². The van der Waals surface area contributed by atoms with E-state index in [0.717, 1.165) is 33.0 Å². The van der Waals surface area contributed by atoms with Gasteiger partial charge in [-0.3, -0.25) is 4.90 Å². The number of rotatable bonds is 6. The first-order valence-electron chi connectivity index (χ1n) is 12.8. The molecule has 0 aromatic heterocycles. The Hall–Kier alpha value is -1.83. The average Bonchev–Trinajstić information content (AvgIpc) is 3.45. The number of aliphatic hydroxyl groups is 1. The molecule has 3 saturated heterocycles. The van der Waals surface area contributed by atoms with Crippen LogP contribution in [-0.2, 0) is 20.4 Å². The highest BCUT2D eigenvalue weighted by atomic mass is 32.2. The second-order valence-corrected chi connectivity index (χ2v) is 13.0. The lowest BCUT2D eigenvalue weighted by atomic mass is 9.95. The number of sulfonamides is 1. The number of hydrogen-bond acceptors (Lipinski definition) is 7. The number of anilines is 1. The fourth-order valence-electron chi connectivity index (χ4n) is 5.79. The Morgan fingerprint density at radius 2 is 1.87 bits per heavy atom. The molecule has 0 radical (unpaired) electrons. The Morgan fingerprint density at radius 3 is 2.53 bits per heavy atom. The molecule has 208 valence electrons. The van der Waals surface area contributed by atoms with E-state index in [1.54, 1.807) is 24.3 Å². The summed E-state index contributed by atoms with van der Waals surface area (Å²) in [7, 11) is -3.79. The quantitative estimate of drug-likeness (QED) is 0.526. The third-order valence-electron chi connectivity index (χ3n) is 8.08. The van der Waals surface area contributed by atoms with Gasteiger partial charge >= 0.3 is 6.18 Å². The van der Waals surface area contributed by atoms with Crippen molar-refractivity contribution in [2.75, 3.05) is 50.8 Å². The molecule has 3 heterocycles. The Bertz CT molecular complexity index is 1220. The molecular weight excluding hydrogens is 539 g/mol. The van der Waals surface area contributed by atoms with Crippen molar-refractivity contribution in [3.63, 3.8) is 0 Å². The van der Waals surface area contributed by atoms with Crippen LogP contribution in [0.3, 0.4) is 0 Å². The summed E-state index contributed by atoms with van der Waals surface area (Å²) in [5.41, 5.74) is -2.53. The largest absolute Gasteiger partial charge is 0.421 e. The van der Waals surface area contributed by atoms with Gasteiger partial charge in [0.2, 0.25) is 10.0 Å². The van der Waals surface area contributed by atoms with Gasteiger partial charge in [0, 0.05) is 68.8 Å². The van der Waals surface area contributed by atoms with Crippen LogP contribution in [0, 0.1) is 5.92 Å². The predicted molar refractivity (Wildman–Crippen MR) is 142 cm³/mol. The molecule has 7 nitrogen and oxygen atoms in total. The molecule has 12 heteroatoms. The average molecular weight is 572 g/mol. The van der Waals surface area contributed by atoms with Crippen molar-refractivity contribution < 1.29 is 31.4 Å². The van der Waals surface area contributed by atoms with Gasteiger partial charge in [-0.05, 0) is 37.1 Å². The first-order valence-corrected chi connectivity index (χ1v) is 14.6. The number of hydrogen-bond donors (Lipinski definition) is 1. The zero-order chi connectivity index (χ0) is 27.3. The van der Waals surface area contributed by atoms with Gasteiger partial charge in [0.05, 0.1) is 17.1 Å². The number of ether oxygens (including phenoxy) is 1. The van der Waals surface area contributed by atoms with Crippen LogP contribution in [0.15, 0.2) is 47.4 Å². The molecule has 1 aromatic carbocycles. The van der Waals surface area contributed by atoms with Gasteiger partial charge in [-0.15, -0.1) is 0 Å². The van der Waals surface area contributed by atoms with Gasteiger partial charge in [0.15, 0.2) is 5.60 Å². The molecule has 1 aromatic rings. The predicted octanol–water partition coefficient (Wildman–Crippen LogP) is 3.21. The van der Waals surface area contributed by atoms with Crippen molar-refractivity contribution in [1.82, 2.24) is 9.21 Å². The first kappa shape index (κ1) is 27.7. The van der Waals surface area contributed by atoms with Crippen LogP contribution in [0.5, 0.6) is 0 Å². The maximum Gasteiger partial charge on any atom is 0.421 e. The van der Waals surface area contributed by atoms with E-state index in [-0.39, 0.29) is 35.7 Å². The molecule has 5 rings (SSSR count). The summed E-state index contributed by atoms with van der Waals surface area (Å²) in [6.45, 7) is 4.55. The molecule has 3 aliphatic heterocycles. The number of halogens is 3. The lowest BCUT2D eigenvalue weighted by Crippen LogP contribution is -2.58. The van der Waals surface area contributed by atoms with Gasteiger partial charge in [-0.2, -0.15) is 17.5 Å². The van der Waals surface area contributed by atoms with Crippen LogP contribution in [0.4, 0.5) is 18.9 Å². The lowest BCUT2D eigenvalue weighted by molar-refractivity contribution is -0.258. The molecule has 1 aliphatic carbocycles. The van der Waals surface area contributed by atoms with Crippen molar-refractivity contribution in [3.8, 4) is 0 Å². The molecule has 38 heavy (non-hydrogen) atoms. The normalized spacial score (nSPS) is 28.9. The number of likely N-dealkylation sites (tertiary alicyclic amines) is 1. The summed E-state index contributed by atoms with van der Waals surface area (Å²) >= 11 is 5.35. The summed E-state index contributed by atoms with van der Waals surface area (Å²) in [5, 5.41) is 10.1. The van der Waals surface area contributed by atoms with E-state index in [9.17, 15) is 26.7 Å². The van der Waals surface area contributed by atoms with Crippen molar-refractivity contribution >= 4 is 32.8 Å². The zero-order valence-corrected chi connectivity index (χ0v) is 22.7. The second-order valence-electron chi connectivity index (χ2n) is 10.6. The standard InChI is InChI=1S/C26H32F3N3O4S2/c1-25(33,26(27,28)29)19-6-8-20(9-7-19)32-12-11-31(38(34,35)24-5-3-2-4-23(24)37)16-21(32)15-30-14-18-10-13-36-22(18)17-30/h2-3,5-9,18,21-22,33H,4,10-17H2,1H3/t18-,21-,22+,25?/m0/s1. The molecule has 0 saturated carbocycles. The van der Waals surface area contributed by atoms with Gasteiger partial charge in [-0.1, -0.05) is 36.5 Å². The Balaban J connectivity index is 1.39. The molecule has 3 fully saturated rings. The van der Waals surface area contributed by atoms with E-state index < -0.39 is 21.8 Å². The number of benzene rings is 1. The van der Waals surface area contributed by atoms with Crippen LogP contribution in [0.2, 0.25) is 0 Å². The number of alkyl halides is 3. The molecule has 4 atom stereocenters. The third-order valence-corrected chi connectivity index (χ3v) is 10.5. The van der Waals surface area contributed by atoms with E-state index in [0.29, 0.717) is 36.0 Å². The molecule has 0 amide bonds. The minimum Gasteiger partial charge on any atom is -0.377 e. The lowest BCUT2D eigenvalue weighted by Gasteiger charge is -2.44. The zero-order valence-electron chi connectivity index (χ0n) is 21.1. The van der Waals surface area contributed by atoms with Crippen molar-refractivity contribution in [3.05, 3.63) is 53.0 Å². The van der Waals surface area contributed by atoms with Crippen molar-refractivity contribution in [2.24, 2.45) is 5.92 Å². The summed E-state index contributed by atoms with van der Waals surface area (Å²) in [5.74, 6) is 0.465. The Morgan fingerprint density at radius 1 is 1.13 bits per heavy atom. The first-order chi connectivity index (χ1) is 17.9. The van der Waals surface area contributed by atoms with Crippen LogP contribution in [-0.4, -0.2) is 91.8 Å². The van der Waals surface area contributed by atoms with Crippen LogP contribution < -0.4 is 4.90 Å².